The van der Waals surface area contributed by atoms with Crippen molar-refractivity contribution < 1.29 is 14.3 Å². The average molecular weight is 173 g/mol. The molecule has 0 saturated carbocycles. The fourth-order valence-electron chi connectivity index (χ4n) is 1.28. The minimum atomic E-state index is -0.177. The Bertz CT molecular complexity index is 160. The van der Waals surface area contributed by atoms with Crippen LogP contribution in [-0.4, -0.2) is 50.3 Å². The molecule has 1 aliphatic rings. The summed E-state index contributed by atoms with van der Waals surface area (Å²) in [5.74, 6) is -0.177. The Kier molecular flexibility index (Phi) is 3.49. The van der Waals surface area contributed by atoms with Crippen molar-refractivity contribution in [2.24, 2.45) is 0 Å². The summed E-state index contributed by atoms with van der Waals surface area (Å²) < 4.78 is 9.90. The Morgan fingerprint density at radius 3 is 3.08 bits per heavy atom. The van der Waals surface area contributed by atoms with Gasteiger partial charge in [-0.1, -0.05) is 0 Å². The molecule has 0 spiro atoms. The number of nitrogens with zero attached hydrogens (tertiary/aromatic N) is 1. The molecule has 0 bridgehead atoms. The second-order valence-corrected chi connectivity index (χ2v) is 2.99. The van der Waals surface area contributed by atoms with Crippen molar-refractivity contribution in [2.75, 3.05) is 33.4 Å². The quantitative estimate of drug-likeness (QED) is 0.546. The first-order valence-corrected chi connectivity index (χ1v) is 4.13. The van der Waals surface area contributed by atoms with Crippen molar-refractivity contribution in [1.29, 1.82) is 0 Å². The number of esters is 1. The minimum Gasteiger partial charge on any atom is -0.468 e. The van der Waals surface area contributed by atoms with Crippen LogP contribution < -0.4 is 0 Å². The number of carbonyl (C=O) groups is 1. The monoisotopic (exact) mass is 173 g/mol. The van der Waals surface area contributed by atoms with Gasteiger partial charge in [-0.15, -0.1) is 0 Å². The van der Waals surface area contributed by atoms with E-state index in [-0.39, 0.29) is 12.1 Å². The maximum Gasteiger partial charge on any atom is 0.319 e. The van der Waals surface area contributed by atoms with Crippen LogP contribution in [0.5, 0.6) is 0 Å². The lowest BCUT2D eigenvalue weighted by Crippen LogP contribution is -2.43. The zero-order valence-electron chi connectivity index (χ0n) is 7.58. The van der Waals surface area contributed by atoms with Crippen molar-refractivity contribution in [3.8, 4) is 0 Å². The van der Waals surface area contributed by atoms with E-state index in [4.69, 9.17) is 4.74 Å². The molecule has 0 amide bonds. The Balaban J connectivity index is 2.27. The van der Waals surface area contributed by atoms with E-state index in [0.29, 0.717) is 13.2 Å². The van der Waals surface area contributed by atoms with Gasteiger partial charge in [0.15, 0.2) is 0 Å². The lowest BCUT2D eigenvalue weighted by Gasteiger charge is -2.29. The Labute approximate surface area is 72.4 Å². The van der Waals surface area contributed by atoms with Gasteiger partial charge in [-0.25, -0.2) is 0 Å². The summed E-state index contributed by atoms with van der Waals surface area (Å²) in [5, 5.41) is 0. The van der Waals surface area contributed by atoms with Crippen LogP contribution in [0.4, 0.5) is 0 Å². The van der Waals surface area contributed by atoms with Gasteiger partial charge in [-0.05, 0) is 6.92 Å². The molecule has 1 heterocycles. The van der Waals surface area contributed by atoms with E-state index in [2.05, 4.69) is 4.74 Å². The van der Waals surface area contributed by atoms with Gasteiger partial charge in [-0.3, -0.25) is 9.69 Å². The zero-order valence-corrected chi connectivity index (χ0v) is 7.58. The van der Waals surface area contributed by atoms with Crippen LogP contribution in [0.15, 0.2) is 0 Å². The van der Waals surface area contributed by atoms with E-state index in [0.717, 1.165) is 13.1 Å². The third-order valence-corrected chi connectivity index (χ3v) is 1.91. The molecular formula is C8H15NO3. The van der Waals surface area contributed by atoms with E-state index in [9.17, 15) is 4.79 Å². The molecule has 4 nitrogen and oxygen atoms in total. The van der Waals surface area contributed by atoms with Crippen LogP contribution >= 0.6 is 0 Å². The van der Waals surface area contributed by atoms with Gasteiger partial charge in [-0.2, -0.15) is 0 Å². The second kappa shape index (κ2) is 4.42. The Morgan fingerprint density at radius 1 is 1.75 bits per heavy atom. The number of carbonyl (C=O) groups excluding carboxylic acids is 1. The molecule has 0 aliphatic carbocycles. The first kappa shape index (κ1) is 9.48. The summed E-state index contributed by atoms with van der Waals surface area (Å²) in [6.45, 7) is 4.72. The number of morpholine rings is 1. The van der Waals surface area contributed by atoms with Crippen LogP contribution in [-0.2, 0) is 14.3 Å². The molecule has 12 heavy (non-hydrogen) atoms. The molecule has 0 aromatic carbocycles. The number of ether oxygens (including phenoxy) is 2. The van der Waals surface area contributed by atoms with Crippen molar-refractivity contribution in [3.63, 3.8) is 0 Å². The summed E-state index contributed by atoms with van der Waals surface area (Å²) in [4.78, 5) is 12.9. The third-order valence-electron chi connectivity index (χ3n) is 1.91. The van der Waals surface area contributed by atoms with Gasteiger partial charge < -0.3 is 9.47 Å². The van der Waals surface area contributed by atoms with Crippen molar-refractivity contribution >= 4 is 5.97 Å². The van der Waals surface area contributed by atoms with Crippen LogP contribution in [0.3, 0.4) is 0 Å². The van der Waals surface area contributed by atoms with Crippen LogP contribution in [0, 0.1) is 0 Å². The molecule has 0 aromatic heterocycles. The fourth-order valence-corrected chi connectivity index (χ4v) is 1.28. The number of hydrogen-bond acceptors (Lipinski definition) is 4. The highest BCUT2D eigenvalue weighted by molar-refractivity contribution is 5.71. The summed E-state index contributed by atoms with van der Waals surface area (Å²) in [6.07, 6.45) is 0.225. The molecule has 4 heteroatoms. The summed E-state index contributed by atoms with van der Waals surface area (Å²) in [6, 6.07) is 0. The van der Waals surface area contributed by atoms with E-state index in [1.807, 2.05) is 11.8 Å². The smallest absolute Gasteiger partial charge is 0.319 e. The van der Waals surface area contributed by atoms with Crippen molar-refractivity contribution in [2.45, 2.75) is 13.0 Å². The third kappa shape index (κ3) is 2.79. The standard InChI is InChI=1S/C8H15NO3/c1-7-5-9(3-4-12-7)6-8(10)11-2/h7H,3-6H2,1-2H3/t7-/m0/s1. The zero-order chi connectivity index (χ0) is 8.97. The maximum absolute atomic E-state index is 10.9. The Hall–Kier alpha value is -0.610. The van der Waals surface area contributed by atoms with E-state index in [1.165, 1.54) is 7.11 Å². The predicted molar refractivity (Wildman–Crippen MR) is 43.9 cm³/mol. The number of hydrogen-bond donors (Lipinski definition) is 0. The van der Waals surface area contributed by atoms with Crippen LogP contribution in [0.25, 0.3) is 0 Å². The first-order valence-electron chi connectivity index (χ1n) is 4.13. The minimum absolute atomic E-state index is 0.177. The lowest BCUT2D eigenvalue weighted by atomic mass is 10.3. The molecule has 1 fully saturated rings. The molecule has 0 radical (unpaired) electrons. The highest BCUT2D eigenvalue weighted by Gasteiger charge is 2.18. The van der Waals surface area contributed by atoms with E-state index in [1.54, 1.807) is 0 Å². The highest BCUT2D eigenvalue weighted by Crippen LogP contribution is 2.03. The van der Waals surface area contributed by atoms with Gasteiger partial charge in [0.2, 0.25) is 0 Å². The normalized spacial score (nSPS) is 25.3. The molecule has 0 aromatic rings. The number of rotatable bonds is 2. The van der Waals surface area contributed by atoms with Gasteiger partial charge in [0.05, 0.1) is 26.4 Å². The molecule has 0 unspecified atom stereocenters. The lowest BCUT2D eigenvalue weighted by molar-refractivity contribution is -0.143. The highest BCUT2D eigenvalue weighted by atomic mass is 16.5. The SMILES string of the molecule is COC(=O)CN1CCO[C@@H](C)C1. The molecule has 1 saturated heterocycles. The summed E-state index contributed by atoms with van der Waals surface area (Å²) in [7, 11) is 1.41. The summed E-state index contributed by atoms with van der Waals surface area (Å²) >= 11 is 0. The molecule has 70 valence electrons. The van der Waals surface area contributed by atoms with Gasteiger partial charge in [0, 0.05) is 13.1 Å². The fraction of sp³-hybridized carbons (Fsp3) is 0.875. The molecule has 1 aliphatic heterocycles. The van der Waals surface area contributed by atoms with Crippen LogP contribution in [0.2, 0.25) is 0 Å². The van der Waals surface area contributed by atoms with Crippen LogP contribution in [0.1, 0.15) is 6.92 Å². The second-order valence-electron chi connectivity index (χ2n) is 2.99. The predicted octanol–water partition coefficient (Wildman–Crippen LogP) is -0.120. The average Bonchev–Trinajstić information content (AvgIpc) is 2.04. The van der Waals surface area contributed by atoms with Crippen molar-refractivity contribution in [3.05, 3.63) is 0 Å². The van der Waals surface area contributed by atoms with Crippen molar-refractivity contribution in [1.82, 2.24) is 4.90 Å². The number of methoxy groups -OCH3 is 1. The molecule has 0 N–H and O–H groups in total. The maximum atomic E-state index is 10.9. The van der Waals surface area contributed by atoms with Gasteiger partial charge >= 0.3 is 5.97 Å². The largest absolute Gasteiger partial charge is 0.468 e. The van der Waals surface area contributed by atoms with E-state index < -0.39 is 0 Å². The summed E-state index contributed by atoms with van der Waals surface area (Å²) in [5.41, 5.74) is 0. The molecular weight excluding hydrogens is 158 g/mol. The first-order chi connectivity index (χ1) is 5.72. The Morgan fingerprint density at radius 2 is 2.50 bits per heavy atom. The van der Waals surface area contributed by atoms with Gasteiger partial charge in [0.1, 0.15) is 0 Å². The van der Waals surface area contributed by atoms with Gasteiger partial charge in [0.25, 0.3) is 0 Å². The topological polar surface area (TPSA) is 38.8 Å². The van der Waals surface area contributed by atoms with E-state index >= 15 is 0 Å². The molecule has 1 atom stereocenters. The molecule has 1 rings (SSSR count).